The number of rotatable bonds is 4. The molecule has 2 aromatic rings. The summed E-state index contributed by atoms with van der Waals surface area (Å²) >= 11 is 0. The lowest BCUT2D eigenvalue weighted by molar-refractivity contribution is -0.118. The molecule has 0 aromatic heterocycles. The Hall–Kier alpha value is -2.40. The largest absolute Gasteiger partial charge is 0.457 e. The van der Waals surface area contributed by atoms with Gasteiger partial charge in [-0.3, -0.25) is 4.79 Å². The van der Waals surface area contributed by atoms with E-state index in [-0.39, 0.29) is 23.1 Å². The van der Waals surface area contributed by atoms with Gasteiger partial charge >= 0.3 is 0 Å². The van der Waals surface area contributed by atoms with E-state index in [2.05, 4.69) is 10.6 Å². The Labute approximate surface area is 146 Å². The van der Waals surface area contributed by atoms with E-state index < -0.39 is 0 Å². The van der Waals surface area contributed by atoms with Gasteiger partial charge in [-0.05, 0) is 74.2 Å². The van der Waals surface area contributed by atoms with Gasteiger partial charge in [-0.15, -0.1) is 0 Å². The summed E-state index contributed by atoms with van der Waals surface area (Å²) in [6.45, 7) is 2.02. The van der Waals surface area contributed by atoms with Gasteiger partial charge in [0, 0.05) is 17.7 Å². The van der Waals surface area contributed by atoms with Crippen LogP contribution < -0.4 is 15.4 Å². The molecule has 1 unspecified atom stereocenters. The minimum absolute atomic E-state index is 0.112. The number of benzene rings is 2. The van der Waals surface area contributed by atoms with E-state index >= 15 is 0 Å². The van der Waals surface area contributed by atoms with Crippen molar-refractivity contribution in [2.24, 2.45) is 11.3 Å². The first kappa shape index (κ1) is 16.1. The van der Waals surface area contributed by atoms with Gasteiger partial charge in [0.05, 0.1) is 0 Å². The number of carbonyl (C=O) groups excluding carboxylic acids is 1. The third kappa shape index (κ3) is 3.51. The van der Waals surface area contributed by atoms with Crippen molar-refractivity contribution in [3.05, 3.63) is 54.3 Å². The van der Waals surface area contributed by atoms with Crippen LogP contribution in [-0.4, -0.2) is 19.0 Å². The van der Waals surface area contributed by atoms with E-state index in [9.17, 15) is 9.18 Å². The van der Waals surface area contributed by atoms with Crippen molar-refractivity contribution >= 4 is 11.6 Å². The Morgan fingerprint density at radius 1 is 1.12 bits per heavy atom. The van der Waals surface area contributed by atoms with Crippen LogP contribution in [0.5, 0.6) is 11.5 Å². The van der Waals surface area contributed by atoms with Crippen molar-refractivity contribution in [3.8, 4) is 11.5 Å². The summed E-state index contributed by atoms with van der Waals surface area (Å²) in [5.41, 5.74) is 0.989. The van der Waals surface area contributed by atoms with Crippen LogP contribution in [0.1, 0.15) is 19.3 Å². The summed E-state index contributed by atoms with van der Waals surface area (Å²) in [6.07, 6.45) is 3.18. The van der Waals surface area contributed by atoms with Crippen molar-refractivity contribution < 1.29 is 13.9 Å². The van der Waals surface area contributed by atoms with E-state index in [0.717, 1.165) is 38.0 Å². The number of piperidine rings is 1. The third-order valence-corrected chi connectivity index (χ3v) is 5.26. The lowest BCUT2D eigenvalue weighted by Gasteiger charge is -2.23. The highest BCUT2D eigenvalue weighted by Crippen LogP contribution is 2.58. The predicted octanol–water partition coefficient (Wildman–Crippen LogP) is 3.95. The summed E-state index contributed by atoms with van der Waals surface area (Å²) in [7, 11) is 0. The van der Waals surface area contributed by atoms with Gasteiger partial charge in [0.2, 0.25) is 5.91 Å². The average Bonchev–Trinajstić information content (AvgIpc) is 3.30. The molecule has 25 heavy (non-hydrogen) atoms. The molecule has 1 atom stereocenters. The summed E-state index contributed by atoms with van der Waals surface area (Å²) in [4.78, 5) is 12.5. The molecule has 5 heteroatoms. The van der Waals surface area contributed by atoms with E-state index in [4.69, 9.17) is 4.74 Å². The molecule has 1 saturated carbocycles. The molecule has 1 saturated heterocycles. The maximum Gasteiger partial charge on any atom is 0.228 e. The van der Waals surface area contributed by atoms with E-state index in [1.165, 1.54) is 12.1 Å². The average molecular weight is 340 g/mol. The maximum absolute atomic E-state index is 13.2. The predicted molar refractivity (Wildman–Crippen MR) is 94.2 cm³/mol. The molecule has 2 N–H and O–H groups in total. The van der Waals surface area contributed by atoms with Gasteiger partial charge in [0.25, 0.3) is 0 Å². The maximum atomic E-state index is 13.2. The Morgan fingerprint density at radius 3 is 2.60 bits per heavy atom. The van der Waals surface area contributed by atoms with Crippen molar-refractivity contribution in [2.75, 3.05) is 18.4 Å². The monoisotopic (exact) mass is 340 g/mol. The zero-order chi connectivity index (χ0) is 17.3. The molecule has 2 fully saturated rings. The smallest absolute Gasteiger partial charge is 0.228 e. The normalized spacial score (nSPS) is 20.9. The van der Waals surface area contributed by atoms with Crippen LogP contribution in [0.4, 0.5) is 10.1 Å². The molecule has 1 amide bonds. The highest BCUT2D eigenvalue weighted by molar-refractivity contribution is 5.95. The summed E-state index contributed by atoms with van der Waals surface area (Å²) in [5, 5.41) is 6.35. The Morgan fingerprint density at radius 2 is 1.88 bits per heavy atom. The SMILES string of the molecule is O=C(Nc1ccc(Oc2cccc(F)c2)cc1)C1CC12CCNCC2. The van der Waals surface area contributed by atoms with Crippen LogP contribution in [0, 0.1) is 17.2 Å². The number of amides is 1. The number of carbonyl (C=O) groups is 1. The zero-order valence-electron chi connectivity index (χ0n) is 13.9. The number of nitrogens with one attached hydrogen (secondary N) is 2. The fourth-order valence-corrected chi connectivity index (χ4v) is 3.70. The standard InChI is InChI=1S/C20H21FN2O2/c21-14-2-1-3-17(12-14)25-16-6-4-15(5-7-16)23-19(24)18-13-20(18)8-10-22-11-9-20/h1-7,12,18,22H,8-11,13H2,(H,23,24). The number of halogens is 1. The van der Waals surface area contributed by atoms with Crippen LogP contribution in [0.25, 0.3) is 0 Å². The molecule has 1 heterocycles. The summed E-state index contributed by atoms with van der Waals surface area (Å²) in [6, 6.07) is 13.2. The summed E-state index contributed by atoms with van der Waals surface area (Å²) < 4.78 is 18.8. The molecule has 1 aliphatic heterocycles. The van der Waals surface area contributed by atoms with Crippen LogP contribution in [0.2, 0.25) is 0 Å². The molecule has 130 valence electrons. The first-order valence-corrected chi connectivity index (χ1v) is 8.70. The van der Waals surface area contributed by atoms with E-state index in [0.29, 0.717) is 11.5 Å². The van der Waals surface area contributed by atoms with Crippen LogP contribution in [0.3, 0.4) is 0 Å². The lowest BCUT2D eigenvalue weighted by atomic mass is 9.92. The van der Waals surface area contributed by atoms with Crippen LogP contribution in [0.15, 0.2) is 48.5 Å². The number of hydrogen-bond donors (Lipinski definition) is 2. The number of ether oxygens (including phenoxy) is 1. The van der Waals surface area contributed by atoms with Crippen molar-refractivity contribution in [2.45, 2.75) is 19.3 Å². The topological polar surface area (TPSA) is 50.4 Å². The lowest BCUT2D eigenvalue weighted by Crippen LogP contribution is -2.31. The molecule has 4 nitrogen and oxygen atoms in total. The quantitative estimate of drug-likeness (QED) is 0.886. The second kappa shape index (κ2) is 6.48. The Balaban J connectivity index is 1.35. The van der Waals surface area contributed by atoms with Gasteiger partial charge in [-0.25, -0.2) is 4.39 Å². The second-order valence-corrected chi connectivity index (χ2v) is 6.94. The number of anilines is 1. The van der Waals surface area contributed by atoms with Crippen LogP contribution in [-0.2, 0) is 4.79 Å². The second-order valence-electron chi connectivity index (χ2n) is 6.94. The van der Waals surface area contributed by atoms with Gasteiger partial charge in [-0.2, -0.15) is 0 Å². The van der Waals surface area contributed by atoms with Crippen LogP contribution >= 0.6 is 0 Å². The molecular weight excluding hydrogens is 319 g/mol. The fraction of sp³-hybridized carbons (Fsp3) is 0.350. The van der Waals surface area contributed by atoms with Crippen molar-refractivity contribution in [3.63, 3.8) is 0 Å². The molecule has 1 aliphatic carbocycles. The first-order valence-electron chi connectivity index (χ1n) is 8.70. The van der Waals surface area contributed by atoms with Crippen molar-refractivity contribution in [1.82, 2.24) is 5.32 Å². The van der Waals surface area contributed by atoms with Crippen molar-refractivity contribution in [1.29, 1.82) is 0 Å². The molecule has 2 aliphatic rings. The molecular formula is C20H21FN2O2. The Kier molecular flexibility index (Phi) is 4.17. The highest BCUT2D eigenvalue weighted by Gasteiger charge is 2.57. The molecule has 2 aromatic carbocycles. The van der Waals surface area contributed by atoms with Gasteiger partial charge in [0.1, 0.15) is 17.3 Å². The molecule has 1 spiro atoms. The fourth-order valence-electron chi connectivity index (χ4n) is 3.70. The first-order chi connectivity index (χ1) is 12.1. The van der Waals surface area contributed by atoms with Gasteiger partial charge in [-0.1, -0.05) is 6.07 Å². The summed E-state index contributed by atoms with van der Waals surface area (Å²) in [5.74, 6) is 0.962. The molecule has 4 rings (SSSR count). The van der Waals surface area contributed by atoms with E-state index in [1.54, 1.807) is 24.3 Å². The minimum Gasteiger partial charge on any atom is -0.457 e. The van der Waals surface area contributed by atoms with Gasteiger partial charge < -0.3 is 15.4 Å². The third-order valence-electron chi connectivity index (χ3n) is 5.26. The van der Waals surface area contributed by atoms with E-state index in [1.807, 2.05) is 12.1 Å². The van der Waals surface area contributed by atoms with Gasteiger partial charge in [0.15, 0.2) is 0 Å². The Bertz CT molecular complexity index is 770. The highest BCUT2D eigenvalue weighted by atomic mass is 19.1. The molecule has 0 bridgehead atoms. The minimum atomic E-state index is -0.336. The molecule has 0 radical (unpaired) electrons. The number of hydrogen-bond acceptors (Lipinski definition) is 3. The zero-order valence-corrected chi connectivity index (χ0v) is 13.9.